The van der Waals surface area contributed by atoms with E-state index in [2.05, 4.69) is 10.6 Å². The van der Waals surface area contributed by atoms with Gasteiger partial charge in [0.2, 0.25) is 18.2 Å². The molecule has 0 rings (SSSR count). The Morgan fingerprint density at radius 2 is 2.00 bits per heavy atom. The lowest BCUT2D eigenvalue weighted by atomic mass is 9.91. The van der Waals surface area contributed by atoms with Crippen LogP contribution in [0.15, 0.2) is 0 Å². The molecule has 0 fully saturated rings. The van der Waals surface area contributed by atoms with E-state index in [4.69, 9.17) is 4.74 Å². The summed E-state index contributed by atoms with van der Waals surface area (Å²) in [6.07, 6.45) is 1.12. The Balaban J connectivity index is 5.09. The van der Waals surface area contributed by atoms with Gasteiger partial charge >= 0.3 is 0 Å². The fraction of sp³-hybridized carbons (Fsp3) is 0.786. The number of hydrogen-bond donors (Lipinski definition) is 2. The van der Waals surface area contributed by atoms with Crippen molar-refractivity contribution in [3.05, 3.63) is 0 Å². The molecule has 0 spiro atoms. The number of carbonyl (C=O) groups is 3. The molecule has 0 aromatic carbocycles. The number of nitrogens with one attached hydrogen (secondary N) is 2. The van der Waals surface area contributed by atoms with Gasteiger partial charge < -0.3 is 20.3 Å². The van der Waals surface area contributed by atoms with Crippen molar-refractivity contribution in [1.82, 2.24) is 15.5 Å². The molecule has 0 aromatic heterocycles. The molecule has 3 amide bonds. The molecule has 0 heterocycles. The van der Waals surface area contributed by atoms with E-state index in [9.17, 15) is 14.4 Å². The number of hydrogen-bond acceptors (Lipinski definition) is 4. The van der Waals surface area contributed by atoms with Gasteiger partial charge in [-0.25, -0.2) is 0 Å². The standard InChI is InChI=1S/C14H27N3O4/c1-6-10(2)14(11(21-5)7-12(19)15-3)17(4)13(20)8-16-9-18/h9-11,14H,6-8H2,1-5H3,(H,15,19)(H,16,18). The second-order valence-corrected chi connectivity index (χ2v) is 5.03. The van der Waals surface area contributed by atoms with Gasteiger partial charge in [0, 0.05) is 21.2 Å². The van der Waals surface area contributed by atoms with E-state index in [1.165, 1.54) is 7.11 Å². The summed E-state index contributed by atoms with van der Waals surface area (Å²) in [6, 6.07) is -0.238. The molecule has 3 unspecified atom stereocenters. The molecule has 0 aliphatic carbocycles. The normalized spacial score (nSPS) is 14.7. The number of ether oxygens (including phenoxy) is 1. The van der Waals surface area contributed by atoms with E-state index in [0.717, 1.165) is 6.42 Å². The van der Waals surface area contributed by atoms with Crippen molar-refractivity contribution < 1.29 is 19.1 Å². The zero-order chi connectivity index (χ0) is 16.4. The molecular weight excluding hydrogens is 274 g/mol. The quantitative estimate of drug-likeness (QED) is 0.545. The Morgan fingerprint density at radius 1 is 1.38 bits per heavy atom. The van der Waals surface area contributed by atoms with Gasteiger partial charge in [-0.2, -0.15) is 0 Å². The summed E-state index contributed by atoms with van der Waals surface area (Å²) in [5.41, 5.74) is 0. The van der Waals surface area contributed by atoms with Crippen molar-refractivity contribution in [2.24, 2.45) is 5.92 Å². The highest BCUT2D eigenvalue weighted by molar-refractivity contribution is 5.80. The van der Waals surface area contributed by atoms with Crippen LogP contribution in [0.1, 0.15) is 26.7 Å². The van der Waals surface area contributed by atoms with Crippen LogP contribution in [0.2, 0.25) is 0 Å². The number of carbonyl (C=O) groups excluding carboxylic acids is 3. The third kappa shape index (κ3) is 6.12. The van der Waals surface area contributed by atoms with Crippen LogP contribution in [-0.4, -0.2) is 63.0 Å². The molecule has 0 saturated heterocycles. The van der Waals surface area contributed by atoms with Crippen LogP contribution in [0, 0.1) is 5.92 Å². The Labute approximate surface area is 126 Å². The molecule has 122 valence electrons. The van der Waals surface area contributed by atoms with Gasteiger partial charge in [0.05, 0.1) is 25.1 Å². The maximum Gasteiger partial charge on any atom is 0.242 e. The molecule has 21 heavy (non-hydrogen) atoms. The van der Waals surface area contributed by atoms with Crippen LogP contribution in [0.4, 0.5) is 0 Å². The number of nitrogens with zero attached hydrogens (tertiary/aromatic N) is 1. The van der Waals surface area contributed by atoms with Gasteiger partial charge in [-0.15, -0.1) is 0 Å². The second-order valence-electron chi connectivity index (χ2n) is 5.03. The number of rotatable bonds is 10. The summed E-state index contributed by atoms with van der Waals surface area (Å²) < 4.78 is 5.44. The first kappa shape index (κ1) is 19.4. The summed E-state index contributed by atoms with van der Waals surface area (Å²) >= 11 is 0. The Kier molecular flexibility index (Phi) is 9.36. The smallest absolute Gasteiger partial charge is 0.242 e. The third-order valence-electron chi connectivity index (χ3n) is 3.75. The SMILES string of the molecule is CCC(C)C(C(CC(=O)NC)OC)N(C)C(=O)CNC=O. The summed E-state index contributed by atoms with van der Waals surface area (Å²) in [5.74, 6) is -0.196. The van der Waals surface area contributed by atoms with Gasteiger partial charge in [-0.05, 0) is 5.92 Å². The monoisotopic (exact) mass is 301 g/mol. The van der Waals surface area contributed by atoms with Gasteiger partial charge in [0.15, 0.2) is 0 Å². The average Bonchev–Trinajstić information content (AvgIpc) is 2.50. The number of amides is 3. The average molecular weight is 301 g/mol. The van der Waals surface area contributed by atoms with Gasteiger partial charge in [0.1, 0.15) is 0 Å². The van der Waals surface area contributed by atoms with E-state index in [1.807, 2.05) is 13.8 Å². The van der Waals surface area contributed by atoms with Crippen molar-refractivity contribution in [2.45, 2.75) is 38.8 Å². The topological polar surface area (TPSA) is 87.7 Å². The molecule has 7 heteroatoms. The Morgan fingerprint density at radius 3 is 2.43 bits per heavy atom. The van der Waals surface area contributed by atoms with Crippen molar-refractivity contribution in [3.63, 3.8) is 0 Å². The largest absolute Gasteiger partial charge is 0.379 e. The second kappa shape index (κ2) is 10.1. The third-order valence-corrected chi connectivity index (χ3v) is 3.75. The van der Waals surface area contributed by atoms with Crippen molar-refractivity contribution in [1.29, 1.82) is 0 Å². The Hall–Kier alpha value is -1.63. The van der Waals surface area contributed by atoms with Crippen LogP contribution in [0.3, 0.4) is 0 Å². The highest BCUT2D eigenvalue weighted by Gasteiger charge is 2.33. The highest BCUT2D eigenvalue weighted by Crippen LogP contribution is 2.21. The zero-order valence-electron chi connectivity index (χ0n) is 13.5. The molecule has 0 radical (unpaired) electrons. The van der Waals surface area contributed by atoms with Crippen LogP contribution in [0.25, 0.3) is 0 Å². The number of likely N-dealkylation sites (N-methyl/N-ethyl adjacent to an activating group) is 1. The zero-order valence-corrected chi connectivity index (χ0v) is 13.5. The van der Waals surface area contributed by atoms with Crippen molar-refractivity contribution in [2.75, 3.05) is 27.7 Å². The molecule has 0 bridgehead atoms. The Bertz CT molecular complexity index is 349. The summed E-state index contributed by atoms with van der Waals surface area (Å²) in [4.78, 5) is 35.6. The minimum Gasteiger partial charge on any atom is -0.379 e. The van der Waals surface area contributed by atoms with E-state index in [1.54, 1.807) is 19.0 Å². The van der Waals surface area contributed by atoms with E-state index in [-0.39, 0.29) is 36.7 Å². The van der Waals surface area contributed by atoms with E-state index < -0.39 is 6.10 Å². The summed E-state index contributed by atoms with van der Waals surface area (Å²) in [5, 5.41) is 4.92. The maximum atomic E-state index is 12.1. The first-order chi connectivity index (χ1) is 9.92. The van der Waals surface area contributed by atoms with Gasteiger partial charge in [0.25, 0.3) is 0 Å². The molecule has 0 aromatic rings. The lowest BCUT2D eigenvalue weighted by Crippen LogP contribution is -2.52. The van der Waals surface area contributed by atoms with Crippen LogP contribution in [-0.2, 0) is 19.1 Å². The molecule has 0 aliphatic rings. The maximum absolute atomic E-state index is 12.1. The van der Waals surface area contributed by atoms with Crippen LogP contribution < -0.4 is 10.6 Å². The molecule has 0 saturated carbocycles. The summed E-state index contributed by atoms with van der Waals surface area (Å²) in [6.45, 7) is 3.97. The van der Waals surface area contributed by atoms with Crippen molar-refractivity contribution in [3.8, 4) is 0 Å². The van der Waals surface area contributed by atoms with E-state index >= 15 is 0 Å². The predicted molar refractivity (Wildman–Crippen MR) is 79.6 cm³/mol. The lowest BCUT2D eigenvalue weighted by Gasteiger charge is -2.37. The lowest BCUT2D eigenvalue weighted by molar-refractivity contribution is -0.138. The van der Waals surface area contributed by atoms with Crippen molar-refractivity contribution >= 4 is 18.2 Å². The fourth-order valence-corrected chi connectivity index (χ4v) is 2.29. The predicted octanol–water partition coefficient (Wildman–Crippen LogP) is -0.243. The molecule has 7 nitrogen and oxygen atoms in total. The van der Waals surface area contributed by atoms with Crippen LogP contribution in [0.5, 0.6) is 0 Å². The number of methoxy groups -OCH3 is 1. The first-order valence-electron chi connectivity index (χ1n) is 7.08. The molecule has 2 N–H and O–H groups in total. The van der Waals surface area contributed by atoms with Gasteiger partial charge in [-0.3, -0.25) is 14.4 Å². The van der Waals surface area contributed by atoms with Gasteiger partial charge in [-0.1, -0.05) is 20.3 Å². The fourth-order valence-electron chi connectivity index (χ4n) is 2.29. The summed E-state index contributed by atoms with van der Waals surface area (Å²) in [7, 11) is 4.77. The molecule has 0 aliphatic heterocycles. The minimum atomic E-state index is -0.398. The highest BCUT2D eigenvalue weighted by atomic mass is 16.5. The van der Waals surface area contributed by atoms with Crippen LogP contribution >= 0.6 is 0 Å². The first-order valence-corrected chi connectivity index (χ1v) is 7.08. The van der Waals surface area contributed by atoms with E-state index in [0.29, 0.717) is 6.41 Å². The molecular formula is C14H27N3O4. The minimum absolute atomic E-state index is 0.0661. The molecule has 3 atom stereocenters.